The van der Waals surface area contributed by atoms with Gasteiger partial charge in [-0.2, -0.15) is 0 Å². The summed E-state index contributed by atoms with van der Waals surface area (Å²) in [5.41, 5.74) is 1.72. The normalized spacial score (nSPS) is 20.6. The van der Waals surface area contributed by atoms with E-state index >= 15 is 0 Å². The Morgan fingerprint density at radius 2 is 1.90 bits per heavy atom. The average Bonchev–Trinajstić information content (AvgIpc) is 2.42. The van der Waals surface area contributed by atoms with Gasteiger partial charge >= 0.3 is 7.60 Å². The van der Waals surface area contributed by atoms with Crippen molar-refractivity contribution in [1.82, 2.24) is 0 Å². The van der Waals surface area contributed by atoms with Gasteiger partial charge in [-0.3, -0.25) is 0 Å². The number of halogens is 1. The minimum atomic E-state index is -3.66. The Morgan fingerprint density at radius 3 is 2.67 bits per heavy atom. The van der Waals surface area contributed by atoms with Crippen LogP contribution < -0.4 is 4.52 Å². The van der Waals surface area contributed by atoms with Crippen LogP contribution in [0, 0.1) is 0 Å². The summed E-state index contributed by atoms with van der Waals surface area (Å²) in [5.74, 6) is 1.83. The van der Waals surface area contributed by atoms with E-state index in [2.05, 4.69) is 6.92 Å². The van der Waals surface area contributed by atoms with Crippen LogP contribution in [-0.2, 0) is 4.57 Å². The van der Waals surface area contributed by atoms with Gasteiger partial charge in [-0.15, -0.1) is 0 Å². The van der Waals surface area contributed by atoms with E-state index in [0.717, 1.165) is 30.4 Å². The zero-order valence-electron chi connectivity index (χ0n) is 12.3. The maximum atomic E-state index is 11.9. The van der Waals surface area contributed by atoms with Gasteiger partial charge in [0.1, 0.15) is 5.75 Å². The third-order valence-corrected chi connectivity index (χ3v) is 4.97. The third-order valence-electron chi connectivity index (χ3n) is 3.64. The lowest BCUT2D eigenvalue weighted by Crippen LogP contribution is -2.01. The molecule has 0 saturated carbocycles. The first-order valence-electron chi connectivity index (χ1n) is 7.55. The van der Waals surface area contributed by atoms with Gasteiger partial charge in [0.05, 0.1) is 0 Å². The van der Waals surface area contributed by atoms with Crippen LogP contribution in [0.5, 0.6) is 5.75 Å². The molecule has 1 aromatic rings. The van der Waals surface area contributed by atoms with E-state index < -0.39 is 7.60 Å². The summed E-state index contributed by atoms with van der Waals surface area (Å²) in [4.78, 5) is 9.76. The number of rotatable bonds is 7. The fraction of sp³-hybridized carbons (Fsp3) is 0.500. The summed E-state index contributed by atoms with van der Waals surface area (Å²) in [6, 6.07) is 5.14. The number of fused-ring (bicyclic) bond motifs is 1. The molecule has 0 spiro atoms. The molecule has 1 atom stereocenters. The number of hydrogen-bond donors (Lipinski definition) is 1. The summed E-state index contributed by atoms with van der Waals surface area (Å²) in [6.45, 7) is 2.20. The first-order chi connectivity index (χ1) is 10.0. The minimum absolute atomic E-state index is 0.453. The molecule has 1 aromatic carbocycles. The van der Waals surface area contributed by atoms with Gasteiger partial charge in [-0.05, 0) is 36.6 Å². The highest BCUT2D eigenvalue weighted by atomic mass is 35.5. The summed E-state index contributed by atoms with van der Waals surface area (Å²) in [5, 5.41) is 0.612. The highest BCUT2D eigenvalue weighted by Crippen LogP contribution is 2.53. The van der Waals surface area contributed by atoms with Crippen LogP contribution in [0.2, 0.25) is 5.02 Å². The topological polar surface area (TPSA) is 46.5 Å². The minimum Gasteiger partial charge on any atom is -0.421 e. The van der Waals surface area contributed by atoms with Gasteiger partial charge in [-0.1, -0.05) is 50.6 Å². The lowest BCUT2D eigenvalue weighted by molar-refractivity contribution is 0.389. The van der Waals surface area contributed by atoms with E-state index in [1.165, 1.54) is 31.5 Å². The van der Waals surface area contributed by atoms with Crippen molar-refractivity contribution in [2.45, 2.75) is 51.9 Å². The number of allylic oxidation sites excluding steroid dienone is 1. The molecule has 1 aliphatic rings. The van der Waals surface area contributed by atoms with Crippen LogP contribution in [0.1, 0.15) is 57.4 Å². The lowest BCUT2D eigenvalue weighted by atomic mass is 9.99. The van der Waals surface area contributed by atoms with Gasteiger partial charge in [0, 0.05) is 16.4 Å². The predicted octanol–water partition coefficient (Wildman–Crippen LogP) is 6.01. The highest BCUT2D eigenvalue weighted by molar-refractivity contribution is 7.57. The van der Waals surface area contributed by atoms with E-state index in [0.29, 0.717) is 10.8 Å². The molecule has 5 heteroatoms. The first-order valence-corrected chi connectivity index (χ1v) is 9.58. The van der Waals surface area contributed by atoms with Crippen molar-refractivity contribution < 1.29 is 14.0 Å². The van der Waals surface area contributed by atoms with Crippen molar-refractivity contribution in [3.63, 3.8) is 0 Å². The molecule has 3 nitrogen and oxygen atoms in total. The molecule has 1 unspecified atom stereocenters. The van der Waals surface area contributed by atoms with Gasteiger partial charge in [0.25, 0.3) is 0 Å². The molecule has 21 heavy (non-hydrogen) atoms. The number of unbranched alkanes of at least 4 members (excludes halogenated alkanes) is 5. The van der Waals surface area contributed by atoms with Crippen molar-refractivity contribution in [3.05, 3.63) is 34.6 Å². The fourth-order valence-corrected chi connectivity index (χ4v) is 3.89. The number of benzene rings is 1. The van der Waals surface area contributed by atoms with E-state index in [4.69, 9.17) is 16.1 Å². The molecule has 2 rings (SSSR count). The smallest absolute Gasteiger partial charge is 0.401 e. The Bertz CT molecular complexity index is 569. The predicted molar refractivity (Wildman–Crippen MR) is 87.9 cm³/mol. The van der Waals surface area contributed by atoms with Gasteiger partial charge in [0.2, 0.25) is 0 Å². The summed E-state index contributed by atoms with van der Waals surface area (Å²) < 4.78 is 17.0. The zero-order chi connectivity index (χ0) is 15.3. The molecule has 0 amide bonds. The van der Waals surface area contributed by atoms with E-state index in [-0.39, 0.29) is 0 Å². The van der Waals surface area contributed by atoms with E-state index in [1.807, 2.05) is 0 Å². The second-order valence-electron chi connectivity index (χ2n) is 5.47. The van der Waals surface area contributed by atoms with E-state index in [1.54, 1.807) is 18.2 Å². The summed E-state index contributed by atoms with van der Waals surface area (Å²) in [7, 11) is -3.66. The molecule has 116 valence electrons. The molecule has 0 aromatic heterocycles. The quantitative estimate of drug-likeness (QED) is 0.492. The Hall–Kier alpha value is -0.760. The molecular weight excluding hydrogens is 307 g/mol. The SMILES string of the molecule is CCCCCCCCC1=CP(=O)(O)Oc2ccc(Cl)cc21. The fourth-order valence-electron chi connectivity index (χ4n) is 2.56. The maximum absolute atomic E-state index is 11.9. The Kier molecular flexibility index (Phi) is 5.92. The Morgan fingerprint density at radius 1 is 1.19 bits per heavy atom. The van der Waals surface area contributed by atoms with Crippen LogP contribution in [0.15, 0.2) is 24.0 Å². The second kappa shape index (κ2) is 7.49. The average molecular weight is 329 g/mol. The molecule has 0 aliphatic carbocycles. The van der Waals surface area contributed by atoms with Gasteiger partial charge in [-0.25, -0.2) is 4.57 Å². The van der Waals surface area contributed by atoms with Crippen LogP contribution in [0.3, 0.4) is 0 Å². The van der Waals surface area contributed by atoms with Crippen LogP contribution >= 0.6 is 19.2 Å². The largest absolute Gasteiger partial charge is 0.421 e. The second-order valence-corrected chi connectivity index (χ2v) is 7.47. The summed E-state index contributed by atoms with van der Waals surface area (Å²) in [6.07, 6.45) is 7.94. The van der Waals surface area contributed by atoms with Crippen molar-refractivity contribution in [3.8, 4) is 5.75 Å². The van der Waals surface area contributed by atoms with Crippen molar-refractivity contribution in [2.24, 2.45) is 0 Å². The standard InChI is InChI=1S/C16H22ClO3P/c1-2-3-4-5-6-7-8-13-12-21(18,19)20-16-10-9-14(17)11-15(13)16/h9-12H,2-8H2,1H3,(H,18,19). The molecule has 0 saturated heterocycles. The Balaban J connectivity index is 2.01. The van der Waals surface area contributed by atoms with Gasteiger partial charge < -0.3 is 9.42 Å². The van der Waals surface area contributed by atoms with Crippen LogP contribution in [0.25, 0.3) is 5.57 Å². The van der Waals surface area contributed by atoms with Gasteiger partial charge in [0.15, 0.2) is 0 Å². The van der Waals surface area contributed by atoms with Crippen molar-refractivity contribution >= 4 is 24.8 Å². The monoisotopic (exact) mass is 328 g/mol. The molecule has 1 N–H and O–H groups in total. The lowest BCUT2D eigenvalue weighted by Gasteiger charge is -2.22. The molecule has 1 heterocycles. The first kappa shape index (κ1) is 16.6. The highest BCUT2D eigenvalue weighted by Gasteiger charge is 2.27. The van der Waals surface area contributed by atoms with E-state index in [9.17, 15) is 9.46 Å². The van der Waals surface area contributed by atoms with Crippen molar-refractivity contribution in [2.75, 3.05) is 0 Å². The Labute approximate surface area is 131 Å². The molecule has 0 fully saturated rings. The molecular formula is C16H22ClO3P. The zero-order valence-corrected chi connectivity index (χ0v) is 14.0. The molecule has 0 radical (unpaired) electrons. The third kappa shape index (κ3) is 4.88. The summed E-state index contributed by atoms with van der Waals surface area (Å²) >= 11 is 6.02. The molecule has 1 aliphatic heterocycles. The molecule has 0 bridgehead atoms. The maximum Gasteiger partial charge on any atom is 0.401 e. The van der Waals surface area contributed by atoms with Crippen LogP contribution in [-0.4, -0.2) is 4.89 Å². The van der Waals surface area contributed by atoms with Crippen molar-refractivity contribution in [1.29, 1.82) is 0 Å². The number of hydrogen-bond acceptors (Lipinski definition) is 2. The van der Waals surface area contributed by atoms with Crippen LogP contribution in [0.4, 0.5) is 0 Å².